The molecule has 1 aromatic rings. The first-order valence-corrected chi connectivity index (χ1v) is 8.05. The Morgan fingerprint density at radius 2 is 1.93 bits per heavy atom. The first-order chi connectivity index (χ1) is 6.76. The van der Waals surface area contributed by atoms with Crippen molar-refractivity contribution in [1.82, 2.24) is 0 Å². The highest BCUT2D eigenvalue weighted by molar-refractivity contribution is 6.67. The Bertz CT molecular complexity index is 256. The standard InChI is InChI=1S/C11H16ClFSi/c1-2-14(9-12)8-7-10-3-5-11(13)6-4-10/h3-6,14H,2,7-9H2,1H3. The van der Waals surface area contributed by atoms with Gasteiger partial charge in [0.1, 0.15) is 5.82 Å². The van der Waals surface area contributed by atoms with E-state index in [0.717, 1.165) is 11.9 Å². The molecule has 0 fully saturated rings. The molecule has 14 heavy (non-hydrogen) atoms. The number of rotatable bonds is 5. The molecule has 3 heteroatoms. The molecular formula is C11H16ClFSi. The van der Waals surface area contributed by atoms with Crippen molar-refractivity contribution in [2.24, 2.45) is 0 Å². The monoisotopic (exact) mass is 230 g/mol. The van der Waals surface area contributed by atoms with Gasteiger partial charge in [-0.25, -0.2) is 4.39 Å². The van der Waals surface area contributed by atoms with Crippen molar-refractivity contribution in [2.75, 3.05) is 5.50 Å². The van der Waals surface area contributed by atoms with E-state index < -0.39 is 8.80 Å². The number of hydrogen-bond acceptors (Lipinski definition) is 0. The van der Waals surface area contributed by atoms with E-state index in [2.05, 4.69) is 6.92 Å². The van der Waals surface area contributed by atoms with E-state index in [1.165, 1.54) is 29.8 Å². The molecule has 1 unspecified atom stereocenters. The van der Waals surface area contributed by atoms with Crippen molar-refractivity contribution in [3.8, 4) is 0 Å². The Balaban J connectivity index is 2.41. The van der Waals surface area contributed by atoms with Crippen molar-refractivity contribution >= 4 is 20.4 Å². The Labute approximate surface area is 91.7 Å². The third-order valence-electron chi connectivity index (χ3n) is 2.55. The number of hydrogen-bond donors (Lipinski definition) is 0. The minimum absolute atomic E-state index is 0.157. The van der Waals surface area contributed by atoms with E-state index in [9.17, 15) is 4.39 Å². The van der Waals surface area contributed by atoms with Crippen LogP contribution in [0.25, 0.3) is 0 Å². The maximum Gasteiger partial charge on any atom is 0.123 e. The van der Waals surface area contributed by atoms with E-state index >= 15 is 0 Å². The summed E-state index contributed by atoms with van der Waals surface area (Å²) in [6, 6.07) is 9.27. The van der Waals surface area contributed by atoms with Gasteiger partial charge in [0.15, 0.2) is 0 Å². The van der Waals surface area contributed by atoms with Crippen LogP contribution in [-0.2, 0) is 6.42 Å². The first kappa shape index (κ1) is 11.7. The Hall–Kier alpha value is -0.343. The smallest absolute Gasteiger partial charge is 0.123 e. The summed E-state index contributed by atoms with van der Waals surface area (Å²) in [6.07, 6.45) is 1.05. The van der Waals surface area contributed by atoms with Gasteiger partial charge in [-0.1, -0.05) is 31.1 Å². The minimum Gasteiger partial charge on any atom is -0.207 e. The fraction of sp³-hybridized carbons (Fsp3) is 0.455. The third-order valence-corrected chi connectivity index (χ3v) is 6.56. The van der Waals surface area contributed by atoms with Gasteiger partial charge in [0.25, 0.3) is 0 Å². The average Bonchev–Trinajstić information content (AvgIpc) is 2.22. The second-order valence-electron chi connectivity index (χ2n) is 3.59. The summed E-state index contributed by atoms with van der Waals surface area (Å²) in [5.74, 6) is -0.157. The maximum atomic E-state index is 12.6. The van der Waals surface area contributed by atoms with Gasteiger partial charge in [0.2, 0.25) is 0 Å². The molecule has 0 bridgehead atoms. The molecule has 78 valence electrons. The molecule has 0 nitrogen and oxygen atoms in total. The quantitative estimate of drug-likeness (QED) is 0.537. The molecule has 0 aliphatic carbocycles. The van der Waals surface area contributed by atoms with Crippen molar-refractivity contribution in [3.63, 3.8) is 0 Å². The Morgan fingerprint density at radius 3 is 2.43 bits per heavy atom. The molecule has 1 aromatic carbocycles. The van der Waals surface area contributed by atoms with Gasteiger partial charge < -0.3 is 0 Å². The molecule has 0 spiro atoms. The molecule has 0 saturated carbocycles. The zero-order valence-corrected chi connectivity index (χ0v) is 10.4. The van der Waals surface area contributed by atoms with Gasteiger partial charge in [0, 0.05) is 5.50 Å². The molecule has 0 amide bonds. The van der Waals surface area contributed by atoms with Crippen LogP contribution >= 0.6 is 11.6 Å². The van der Waals surface area contributed by atoms with E-state index in [1.54, 1.807) is 0 Å². The molecule has 0 N–H and O–H groups in total. The van der Waals surface area contributed by atoms with Gasteiger partial charge in [-0.15, -0.1) is 11.6 Å². The summed E-state index contributed by atoms with van der Waals surface area (Å²) in [5.41, 5.74) is 2.08. The van der Waals surface area contributed by atoms with Crippen LogP contribution in [0.4, 0.5) is 4.39 Å². The average molecular weight is 231 g/mol. The lowest BCUT2D eigenvalue weighted by molar-refractivity contribution is 0.627. The van der Waals surface area contributed by atoms with Crippen LogP contribution in [0, 0.1) is 5.82 Å². The van der Waals surface area contributed by atoms with Crippen molar-refractivity contribution in [1.29, 1.82) is 0 Å². The highest BCUT2D eigenvalue weighted by atomic mass is 35.5. The second-order valence-corrected chi connectivity index (χ2v) is 7.95. The van der Waals surface area contributed by atoms with E-state index in [1.807, 2.05) is 12.1 Å². The molecule has 1 atom stereocenters. The maximum absolute atomic E-state index is 12.6. The van der Waals surface area contributed by atoms with Crippen LogP contribution < -0.4 is 0 Å². The number of benzene rings is 1. The van der Waals surface area contributed by atoms with Crippen molar-refractivity contribution in [2.45, 2.75) is 25.4 Å². The molecule has 0 aliphatic heterocycles. The minimum atomic E-state index is -0.703. The summed E-state index contributed by atoms with van der Waals surface area (Å²) in [6.45, 7) is 2.21. The van der Waals surface area contributed by atoms with Crippen molar-refractivity contribution in [3.05, 3.63) is 35.6 Å². The lowest BCUT2D eigenvalue weighted by Gasteiger charge is -2.08. The van der Waals surface area contributed by atoms with Gasteiger partial charge >= 0.3 is 0 Å². The van der Waals surface area contributed by atoms with Gasteiger partial charge in [-0.05, 0) is 24.1 Å². The van der Waals surface area contributed by atoms with Gasteiger partial charge in [0.05, 0.1) is 8.80 Å². The van der Waals surface area contributed by atoms with Crippen LogP contribution in [0.5, 0.6) is 0 Å². The molecule has 0 aliphatic rings. The van der Waals surface area contributed by atoms with Crippen LogP contribution in [0.3, 0.4) is 0 Å². The largest absolute Gasteiger partial charge is 0.207 e. The summed E-state index contributed by atoms with van der Waals surface area (Å²) in [5, 5.41) is 0. The molecule has 0 heterocycles. The van der Waals surface area contributed by atoms with Crippen molar-refractivity contribution < 1.29 is 4.39 Å². The summed E-state index contributed by atoms with van der Waals surface area (Å²) in [7, 11) is -0.703. The second kappa shape index (κ2) is 6.20. The highest BCUT2D eigenvalue weighted by Gasteiger charge is 2.06. The summed E-state index contributed by atoms with van der Waals surface area (Å²) < 4.78 is 12.6. The van der Waals surface area contributed by atoms with Gasteiger partial charge in [-0.3, -0.25) is 0 Å². The van der Waals surface area contributed by atoms with Gasteiger partial charge in [-0.2, -0.15) is 0 Å². The lowest BCUT2D eigenvalue weighted by atomic mass is 10.2. The first-order valence-electron chi connectivity index (χ1n) is 5.06. The zero-order chi connectivity index (χ0) is 10.4. The van der Waals surface area contributed by atoms with Crippen LogP contribution in [0.1, 0.15) is 12.5 Å². The van der Waals surface area contributed by atoms with Crippen LogP contribution in [-0.4, -0.2) is 14.3 Å². The Kier molecular flexibility index (Phi) is 5.19. The number of alkyl halides is 1. The third kappa shape index (κ3) is 3.80. The molecule has 0 saturated heterocycles. The van der Waals surface area contributed by atoms with Crippen LogP contribution in [0.2, 0.25) is 12.1 Å². The SMILES string of the molecule is CC[SiH](CCl)CCc1ccc(F)cc1. The number of aryl methyl sites for hydroxylation is 1. The summed E-state index contributed by atoms with van der Waals surface area (Å²) in [4.78, 5) is 0. The van der Waals surface area contributed by atoms with E-state index in [0.29, 0.717) is 0 Å². The molecule has 0 aromatic heterocycles. The lowest BCUT2D eigenvalue weighted by Crippen LogP contribution is -2.14. The summed E-state index contributed by atoms with van der Waals surface area (Å²) >= 11 is 5.86. The van der Waals surface area contributed by atoms with E-state index in [-0.39, 0.29) is 5.82 Å². The predicted molar refractivity (Wildman–Crippen MR) is 63.3 cm³/mol. The topological polar surface area (TPSA) is 0 Å². The predicted octanol–water partition coefficient (Wildman–Crippen LogP) is 3.39. The Morgan fingerprint density at radius 1 is 1.29 bits per heavy atom. The fourth-order valence-electron chi connectivity index (χ4n) is 1.41. The normalized spacial score (nSPS) is 12.8. The highest BCUT2D eigenvalue weighted by Crippen LogP contribution is 2.10. The molecule has 0 radical (unpaired) electrons. The molecular weight excluding hydrogens is 215 g/mol. The van der Waals surface area contributed by atoms with Crippen LogP contribution in [0.15, 0.2) is 24.3 Å². The van der Waals surface area contributed by atoms with E-state index in [4.69, 9.17) is 11.6 Å². The number of halogens is 2. The zero-order valence-electron chi connectivity index (χ0n) is 8.47. The molecule has 1 rings (SSSR count). The fourth-order valence-corrected chi connectivity index (χ4v) is 4.05.